The molecule has 2 aromatic carbocycles. The number of carboxylic acid groups (broad SMARTS) is 4. The number of hydrogen-bond acceptors (Lipinski definition) is 13. The molecular weight excluding hydrogens is 532 g/mol. The van der Waals surface area contributed by atoms with E-state index in [1.807, 2.05) is 0 Å². The Bertz CT molecular complexity index is 1230. The first-order valence-corrected chi connectivity index (χ1v) is 10.4. The summed E-state index contributed by atoms with van der Waals surface area (Å²) in [6, 6.07) is 3.68. The fourth-order valence-electron chi connectivity index (χ4n) is 2.06. The first-order chi connectivity index (χ1) is 14.5. The minimum absolute atomic E-state index is 0. The van der Waals surface area contributed by atoms with Gasteiger partial charge in [-0.25, -0.2) is 8.42 Å². The summed E-state index contributed by atoms with van der Waals surface area (Å²) in [4.78, 5) is 40.4. The third kappa shape index (κ3) is 9.00. The number of carbonyl (C=O) groups is 4. The topological polar surface area (TPSA) is 272 Å². The monoisotopic (exact) mass is 538 g/mol. The van der Waals surface area contributed by atoms with Crippen LogP contribution in [-0.4, -0.2) is 90.2 Å². The number of hydrogen-bond donors (Lipinski definition) is 1. The standard InChI is InChI=1S/2C8H6O7S.Al.Mg/c2*9-7(10)5-2-1-4(16(13,14)15)3-6(5)8(11)12;;/h2*1-3H,(H,9,10)(H,11,12)(H,13,14,15);;/q;;+3;+2/p-5. The van der Waals surface area contributed by atoms with Gasteiger partial charge in [0, 0.05) is 22.3 Å². The molecule has 0 aliphatic rings. The third-order valence-electron chi connectivity index (χ3n) is 3.45. The van der Waals surface area contributed by atoms with E-state index in [2.05, 4.69) is 0 Å². The maximum Gasteiger partial charge on any atom is 3.00 e. The first kappa shape index (κ1) is 33.6. The summed E-state index contributed by atoms with van der Waals surface area (Å²) in [5.74, 6) is -7.40. The van der Waals surface area contributed by atoms with Crippen molar-refractivity contribution in [3.8, 4) is 0 Å². The molecule has 18 heteroatoms. The van der Waals surface area contributed by atoms with Gasteiger partial charge in [-0.15, -0.1) is 0 Å². The van der Waals surface area contributed by atoms with Crippen molar-refractivity contribution < 1.29 is 65.5 Å². The first-order valence-electron chi connectivity index (χ1n) is 7.53. The molecule has 34 heavy (non-hydrogen) atoms. The molecule has 0 fully saturated rings. The molecular formula is C16H7AlMgO14S2. The van der Waals surface area contributed by atoms with Gasteiger partial charge in [0.25, 0.3) is 10.1 Å². The van der Waals surface area contributed by atoms with Crippen molar-refractivity contribution in [3.05, 3.63) is 58.7 Å². The summed E-state index contributed by atoms with van der Waals surface area (Å²) in [6.07, 6.45) is 0. The van der Waals surface area contributed by atoms with Crippen LogP contribution in [0.1, 0.15) is 41.4 Å². The zero-order chi connectivity index (χ0) is 25.0. The van der Waals surface area contributed by atoms with Crippen LogP contribution in [0.5, 0.6) is 0 Å². The molecule has 0 unspecified atom stereocenters. The molecule has 0 bridgehead atoms. The summed E-state index contributed by atoms with van der Waals surface area (Å²) in [6.45, 7) is 0. The van der Waals surface area contributed by atoms with Crippen LogP contribution in [-0.2, 0) is 20.2 Å². The second-order valence-corrected chi connectivity index (χ2v) is 8.29. The molecule has 2 rings (SSSR count). The van der Waals surface area contributed by atoms with E-state index in [0.29, 0.717) is 30.3 Å². The number of carboxylic acids is 4. The minimum atomic E-state index is -4.86. The molecule has 0 heterocycles. The molecule has 172 valence electrons. The summed E-state index contributed by atoms with van der Waals surface area (Å²) in [7, 11) is -9.46. The Morgan fingerprint density at radius 2 is 0.912 bits per heavy atom. The maximum absolute atomic E-state index is 10.7. The summed E-state index contributed by atoms with van der Waals surface area (Å²) < 4.78 is 61.6. The van der Waals surface area contributed by atoms with Crippen molar-refractivity contribution in [1.82, 2.24) is 0 Å². The molecule has 0 aliphatic heterocycles. The Labute approximate surface area is 217 Å². The second-order valence-electron chi connectivity index (χ2n) is 5.49. The van der Waals surface area contributed by atoms with Gasteiger partial charge in [-0.3, -0.25) is 4.55 Å². The minimum Gasteiger partial charge on any atom is -0.744 e. The van der Waals surface area contributed by atoms with Gasteiger partial charge in [0.1, 0.15) is 10.1 Å². The van der Waals surface area contributed by atoms with Crippen molar-refractivity contribution in [1.29, 1.82) is 0 Å². The molecule has 1 N–H and O–H groups in total. The molecule has 0 saturated carbocycles. The fourth-order valence-corrected chi connectivity index (χ4v) is 3.06. The molecule has 0 atom stereocenters. The average Bonchev–Trinajstić information content (AvgIpc) is 2.65. The molecule has 0 radical (unpaired) electrons. The van der Waals surface area contributed by atoms with Crippen LogP contribution in [0, 0.1) is 0 Å². The molecule has 14 nitrogen and oxygen atoms in total. The predicted molar refractivity (Wildman–Crippen MR) is 99.5 cm³/mol. The van der Waals surface area contributed by atoms with Crippen LogP contribution in [0.2, 0.25) is 0 Å². The molecule has 2 aromatic rings. The van der Waals surface area contributed by atoms with E-state index >= 15 is 0 Å². The Morgan fingerprint density at radius 1 is 0.618 bits per heavy atom. The zero-order valence-electron chi connectivity index (χ0n) is 16.3. The molecule has 0 spiro atoms. The Kier molecular flexibility index (Phi) is 12.6. The Balaban J connectivity index is 0. The molecule has 0 aromatic heterocycles. The smallest absolute Gasteiger partial charge is 0.744 e. The van der Waals surface area contributed by atoms with Crippen molar-refractivity contribution in [2.75, 3.05) is 0 Å². The molecule has 0 saturated heterocycles. The van der Waals surface area contributed by atoms with E-state index in [-0.39, 0.29) is 40.4 Å². The second kappa shape index (κ2) is 12.8. The third-order valence-corrected chi connectivity index (χ3v) is 5.13. The van der Waals surface area contributed by atoms with Gasteiger partial charge in [-0.2, -0.15) is 8.42 Å². The maximum atomic E-state index is 10.7. The Hall–Kier alpha value is -2.56. The van der Waals surface area contributed by atoms with Crippen molar-refractivity contribution >= 4 is 84.5 Å². The Morgan fingerprint density at radius 3 is 1.18 bits per heavy atom. The van der Waals surface area contributed by atoms with Crippen LogP contribution >= 0.6 is 0 Å². The summed E-state index contributed by atoms with van der Waals surface area (Å²) in [5, 5.41) is 42.0. The van der Waals surface area contributed by atoms with Gasteiger partial charge < -0.3 is 44.2 Å². The van der Waals surface area contributed by atoms with E-state index in [0.717, 1.165) is 6.07 Å². The average molecular weight is 539 g/mol. The van der Waals surface area contributed by atoms with E-state index in [1.165, 1.54) is 0 Å². The van der Waals surface area contributed by atoms with E-state index in [4.69, 9.17) is 4.55 Å². The number of benzene rings is 2. The number of carbonyl (C=O) groups excluding carboxylic acids is 4. The SMILES string of the molecule is O=C([O-])c1ccc(S(=O)(=O)O)cc1C(=O)[O-].O=C([O-])c1ccc(S(=O)(=O)[O-])cc1C(=O)[O-].[Al+3].[Mg+2]. The summed E-state index contributed by atoms with van der Waals surface area (Å²) in [5.41, 5.74) is -3.29. The number of aromatic carboxylic acids is 4. The van der Waals surface area contributed by atoms with Gasteiger partial charge in [0.15, 0.2) is 0 Å². The van der Waals surface area contributed by atoms with Crippen LogP contribution in [0.15, 0.2) is 46.2 Å². The van der Waals surface area contributed by atoms with E-state index in [9.17, 15) is 61.0 Å². The van der Waals surface area contributed by atoms with Crippen LogP contribution in [0.3, 0.4) is 0 Å². The van der Waals surface area contributed by atoms with Crippen LogP contribution in [0.25, 0.3) is 0 Å². The zero-order valence-corrected chi connectivity index (χ0v) is 20.5. The number of rotatable bonds is 6. The van der Waals surface area contributed by atoms with Crippen LogP contribution in [0.4, 0.5) is 0 Å². The van der Waals surface area contributed by atoms with Gasteiger partial charge in [0.05, 0.1) is 33.7 Å². The molecule has 0 aliphatic carbocycles. The van der Waals surface area contributed by atoms with E-state index in [1.54, 1.807) is 0 Å². The predicted octanol–water partition coefficient (Wildman–Crippen LogP) is -5.78. The van der Waals surface area contributed by atoms with Gasteiger partial charge in [-0.05, 0) is 24.3 Å². The summed E-state index contributed by atoms with van der Waals surface area (Å²) >= 11 is 0. The van der Waals surface area contributed by atoms with Crippen molar-refractivity contribution in [2.45, 2.75) is 9.79 Å². The quantitative estimate of drug-likeness (QED) is 0.265. The van der Waals surface area contributed by atoms with E-state index < -0.39 is 76.2 Å². The van der Waals surface area contributed by atoms with Crippen molar-refractivity contribution in [2.24, 2.45) is 0 Å². The van der Waals surface area contributed by atoms with Gasteiger partial charge in [-0.1, -0.05) is 12.1 Å². The molecule has 0 amide bonds. The largest absolute Gasteiger partial charge is 3.00 e. The fraction of sp³-hybridized carbons (Fsp3) is 0. The van der Waals surface area contributed by atoms with Gasteiger partial charge in [0.2, 0.25) is 0 Å². The van der Waals surface area contributed by atoms with Gasteiger partial charge >= 0.3 is 40.4 Å². The van der Waals surface area contributed by atoms with Crippen molar-refractivity contribution in [3.63, 3.8) is 0 Å². The normalized spacial score (nSPS) is 10.4. The van der Waals surface area contributed by atoms with Crippen LogP contribution < -0.4 is 20.4 Å².